The van der Waals surface area contributed by atoms with Crippen molar-refractivity contribution in [2.45, 2.75) is 6.54 Å². The van der Waals surface area contributed by atoms with Gasteiger partial charge in [0, 0.05) is 17.9 Å². The number of hydrogen-bond donors (Lipinski definition) is 2. The second-order valence-electron chi connectivity index (χ2n) is 6.59. The standard InChI is InChI=1S/C24H24N2O5/c1-29-21-11-7-18(8-12-21)15-25-23(27)16-31-24(28)17-30-22-13-9-20(10-14-22)26-19-5-3-2-4-6-19/h2-14,26H,15-17H2,1H3,(H,25,27). The minimum absolute atomic E-state index is 0.281. The lowest BCUT2D eigenvalue weighted by Gasteiger charge is -2.09. The molecule has 0 fully saturated rings. The number of ether oxygens (including phenoxy) is 3. The van der Waals surface area contributed by atoms with Crippen LogP contribution in [0.5, 0.6) is 11.5 Å². The van der Waals surface area contributed by atoms with Gasteiger partial charge in [0.2, 0.25) is 0 Å². The number of methoxy groups -OCH3 is 1. The Bertz CT molecular complexity index is 973. The summed E-state index contributed by atoms with van der Waals surface area (Å²) in [4.78, 5) is 23.7. The first-order chi connectivity index (χ1) is 15.1. The zero-order chi connectivity index (χ0) is 21.9. The van der Waals surface area contributed by atoms with Gasteiger partial charge in [-0.1, -0.05) is 30.3 Å². The van der Waals surface area contributed by atoms with Crippen molar-refractivity contribution in [1.82, 2.24) is 5.32 Å². The molecule has 0 spiro atoms. The Morgan fingerprint density at radius 1 is 0.774 bits per heavy atom. The summed E-state index contributed by atoms with van der Waals surface area (Å²) in [5, 5.41) is 5.95. The monoisotopic (exact) mass is 420 g/mol. The third-order valence-corrected chi connectivity index (χ3v) is 4.29. The van der Waals surface area contributed by atoms with Gasteiger partial charge in [0.25, 0.3) is 5.91 Å². The molecule has 0 heterocycles. The number of benzene rings is 3. The molecular formula is C24H24N2O5. The molecule has 0 atom stereocenters. The number of carbonyl (C=O) groups excluding carboxylic acids is 2. The van der Waals surface area contributed by atoms with Gasteiger partial charge in [-0.15, -0.1) is 0 Å². The van der Waals surface area contributed by atoms with Gasteiger partial charge in [0.1, 0.15) is 11.5 Å². The minimum atomic E-state index is -0.619. The highest BCUT2D eigenvalue weighted by atomic mass is 16.6. The van der Waals surface area contributed by atoms with Crippen molar-refractivity contribution < 1.29 is 23.8 Å². The molecule has 1 amide bonds. The molecule has 0 radical (unpaired) electrons. The average Bonchev–Trinajstić information content (AvgIpc) is 2.82. The minimum Gasteiger partial charge on any atom is -0.497 e. The van der Waals surface area contributed by atoms with Crippen LogP contribution in [0, 0.1) is 0 Å². The number of rotatable bonds is 10. The number of hydrogen-bond acceptors (Lipinski definition) is 6. The van der Waals surface area contributed by atoms with E-state index in [0.717, 1.165) is 22.7 Å². The number of amides is 1. The van der Waals surface area contributed by atoms with Gasteiger partial charge >= 0.3 is 5.97 Å². The van der Waals surface area contributed by atoms with Crippen molar-refractivity contribution in [1.29, 1.82) is 0 Å². The molecule has 31 heavy (non-hydrogen) atoms. The Kier molecular flexibility index (Phi) is 7.88. The molecule has 7 heteroatoms. The molecule has 0 aliphatic carbocycles. The van der Waals surface area contributed by atoms with E-state index >= 15 is 0 Å². The van der Waals surface area contributed by atoms with E-state index in [2.05, 4.69) is 10.6 Å². The summed E-state index contributed by atoms with van der Waals surface area (Å²) in [5.74, 6) is 0.261. The van der Waals surface area contributed by atoms with E-state index in [4.69, 9.17) is 14.2 Å². The molecule has 3 rings (SSSR count). The number of esters is 1. The molecule has 0 saturated heterocycles. The quantitative estimate of drug-likeness (QED) is 0.487. The fraction of sp³-hybridized carbons (Fsp3) is 0.167. The third kappa shape index (κ3) is 7.40. The molecule has 0 unspecified atom stereocenters. The molecule has 0 aliphatic rings. The van der Waals surface area contributed by atoms with Gasteiger partial charge in [0.05, 0.1) is 7.11 Å². The molecule has 0 saturated carbocycles. The number of carbonyl (C=O) groups is 2. The third-order valence-electron chi connectivity index (χ3n) is 4.29. The first-order valence-corrected chi connectivity index (χ1v) is 9.72. The summed E-state index contributed by atoms with van der Waals surface area (Å²) in [6.45, 7) is -0.310. The zero-order valence-corrected chi connectivity index (χ0v) is 17.2. The van der Waals surface area contributed by atoms with Gasteiger partial charge < -0.3 is 24.8 Å². The highest BCUT2D eigenvalue weighted by molar-refractivity contribution is 5.80. The maximum absolute atomic E-state index is 11.8. The predicted octanol–water partition coefficient (Wildman–Crippen LogP) is 3.68. The lowest BCUT2D eigenvalue weighted by molar-refractivity contribution is -0.150. The topological polar surface area (TPSA) is 85.9 Å². The van der Waals surface area contributed by atoms with Crippen LogP contribution in [0.4, 0.5) is 11.4 Å². The number of para-hydroxylation sites is 1. The Morgan fingerprint density at radius 3 is 2.10 bits per heavy atom. The summed E-state index contributed by atoms with van der Waals surface area (Å²) < 4.78 is 15.4. The van der Waals surface area contributed by atoms with Gasteiger partial charge in [-0.2, -0.15) is 0 Å². The van der Waals surface area contributed by atoms with Crippen LogP contribution in [0.25, 0.3) is 0 Å². The molecule has 0 aliphatic heterocycles. The van der Waals surface area contributed by atoms with Crippen molar-refractivity contribution >= 4 is 23.3 Å². The van der Waals surface area contributed by atoms with Gasteiger partial charge in [0.15, 0.2) is 13.2 Å². The summed E-state index contributed by atoms with van der Waals surface area (Å²) in [6, 6.07) is 24.3. The molecule has 3 aromatic rings. The molecule has 7 nitrogen and oxygen atoms in total. The maximum atomic E-state index is 11.8. The SMILES string of the molecule is COc1ccc(CNC(=O)COC(=O)COc2ccc(Nc3ccccc3)cc2)cc1. The van der Waals surface area contributed by atoms with E-state index in [-0.39, 0.29) is 19.1 Å². The largest absolute Gasteiger partial charge is 0.497 e. The lowest BCUT2D eigenvalue weighted by atomic mass is 10.2. The highest BCUT2D eigenvalue weighted by Gasteiger charge is 2.09. The lowest BCUT2D eigenvalue weighted by Crippen LogP contribution is -2.29. The fourth-order valence-electron chi connectivity index (χ4n) is 2.65. The average molecular weight is 420 g/mol. The van der Waals surface area contributed by atoms with Gasteiger partial charge in [-0.25, -0.2) is 4.79 Å². The Morgan fingerprint density at radius 2 is 1.42 bits per heavy atom. The molecule has 0 bridgehead atoms. The van der Waals surface area contributed by atoms with Crippen LogP contribution in [0.3, 0.4) is 0 Å². The van der Waals surface area contributed by atoms with Gasteiger partial charge in [-0.05, 0) is 54.1 Å². The van der Waals surface area contributed by atoms with E-state index < -0.39 is 5.97 Å². The summed E-state index contributed by atoms with van der Waals surface area (Å²) in [7, 11) is 1.59. The van der Waals surface area contributed by atoms with Crippen molar-refractivity contribution in [3.63, 3.8) is 0 Å². The Hall–Kier alpha value is -4.00. The van der Waals surface area contributed by atoms with Gasteiger partial charge in [-0.3, -0.25) is 4.79 Å². The zero-order valence-electron chi connectivity index (χ0n) is 17.2. The first-order valence-electron chi connectivity index (χ1n) is 9.72. The number of nitrogens with one attached hydrogen (secondary N) is 2. The first kappa shape index (κ1) is 21.7. The molecule has 160 valence electrons. The second kappa shape index (κ2) is 11.3. The molecule has 3 aromatic carbocycles. The van der Waals surface area contributed by atoms with Crippen LogP contribution in [0.2, 0.25) is 0 Å². The van der Waals surface area contributed by atoms with Crippen LogP contribution in [0.1, 0.15) is 5.56 Å². The number of anilines is 2. The van der Waals surface area contributed by atoms with Crippen LogP contribution in [0.15, 0.2) is 78.9 Å². The summed E-state index contributed by atoms with van der Waals surface area (Å²) in [5.41, 5.74) is 2.79. The van der Waals surface area contributed by atoms with E-state index in [1.165, 1.54) is 0 Å². The van der Waals surface area contributed by atoms with E-state index in [0.29, 0.717) is 12.3 Å². The van der Waals surface area contributed by atoms with E-state index in [9.17, 15) is 9.59 Å². The second-order valence-corrected chi connectivity index (χ2v) is 6.59. The predicted molar refractivity (Wildman–Crippen MR) is 117 cm³/mol. The smallest absolute Gasteiger partial charge is 0.344 e. The molecule has 2 N–H and O–H groups in total. The van der Waals surface area contributed by atoms with E-state index in [1.807, 2.05) is 66.7 Å². The van der Waals surface area contributed by atoms with Crippen molar-refractivity contribution in [2.24, 2.45) is 0 Å². The Labute approximate surface area is 180 Å². The maximum Gasteiger partial charge on any atom is 0.344 e. The molecule has 0 aromatic heterocycles. The van der Waals surface area contributed by atoms with Crippen LogP contribution < -0.4 is 20.1 Å². The van der Waals surface area contributed by atoms with Crippen molar-refractivity contribution in [2.75, 3.05) is 25.6 Å². The fourth-order valence-corrected chi connectivity index (χ4v) is 2.65. The van der Waals surface area contributed by atoms with Crippen LogP contribution >= 0.6 is 0 Å². The highest BCUT2D eigenvalue weighted by Crippen LogP contribution is 2.19. The van der Waals surface area contributed by atoms with Crippen LogP contribution in [-0.4, -0.2) is 32.2 Å². The van der Waals surface area contributed by atoms with Crippen LogP contribution in [-0.2, 0) is 20.9 Å². The van der Waals surface area contributed by atoms with Crippen molar-refractivity contribution in [3.8, 4) is 11.5 Å². The van der Waals surface area contributed by atoms with E-state index in [1.54, 1.807) is 19.2 Å². The Balaban J connectivity index is 1.34. The van der Waals surface area contributed by atoms with Crippen molar-refractivity contribution in [3.05, 3.63) is 84.4 Å². The summed E-state index contributed by atoms with van der Waals surface area (Å²) >= 11 is 0. The molecular weight excluding hydrogens is 396 g/mol. The summed E-state index contributed by atoms with van der Waals surface area (Å²) in [6.07, 6.45) is 0. The normalized spacial score (nSPS) is 10.1.